The van der Waals surface area contributed by atoms with Gasteiger partial charge in [0.15, 0.2) is 11.5 Å². The number of hydrogen-bond acceptors (Lipinski definition) is 4. The highest BCUT2D eigenvalue weighted by Crippen LogP contribution is 2.41. The molecule has 0 spiro atoms. The monoisotopic (exact) mass is 289 g/mol. The third-order valence-corrected chi connectivity index (χ3v) is 2.92. The second-order valence-electron chi connectivity index (χ2n) is 4.25. The number of ether oxygens (including phenoxy) is 3. The minimum atomic E-state index is -0.537. The molecule has 0 atom stereocenters. The molecule has 0 aromatic heterocycles. The van der Waals surface area contributed by atoms with Crippen LogP contribution < -0.4 is 19.5 Å². The Bertz CT molecular complexity index is 639. The molecule has 0 heterocycles. The summed E-state index contributed by atoms with van der Waals surface area (Å²) >= 11 is 0. The fourth-order valence-electron chi connectivity index (χ4n) is 2.08. The van der Waals surface area contributed by atoms with Gasteiger partial charge in [-0.15, -0.1) is 0 Å². The number of hydrogen-bond donors (Lipinski definition) is 1. The highest BCUT2D eigenvalue weighted by Gasteiger charge is 2.17. The van der Waals surface area contributed by atoms with Gasteiger partial charge in [-0.05, 0) is 13.8 Å². The molecule has 0 aliphatic carbocycles. The molecule has 2 rings (SSSR count). The SMILES string of the molecule is CCOc1cc(OCC)c2ccccc2c1OC(=O)NC. The van der Waals surface area contributed by atoms with Gasteiger partial charge < -0.3 is 19.5 Å². The van der Waals surface area contributed by atoms with Crippen molar-refractivity contribution in [3.8, 4) is 17.2 Å². The van der Waals surface area contributed by atoms with Crippen LogP contribution in [0.2, 0.25) is 0 Å². The summed E-state index contributed by atoms with van der Waals surface area (Å²) in [6.45, 7) is 4.81. The number of carbonyl (C=O) groups is 1. The average molecular weight is 289 g/mol. The van der Waals surface area contributed by atoms with Crippen molar-refractivity contribution in [3.05, 3.63) is 30.3 Å². The molecule has 1 amide bonds. The molecular weight excluding hydrogens is 270 g/mol. The molecule has 0 radical (unpaired) electrons. The summed E-state index contributed by atoms with van der Waals surface area (Å²) in [6, 6.07) is 9.35. The molecule has 5 heteroatoms. The van der Waals surface area contributed by atoms with Gasteiger partial charge in [-0.1, -0.05) is 24.3 Å². The summed E-state index contributed by atoms with van der Waals surface area (Å²) in [7, 11) is 1.51. The van der Waals surface area contributed by atoms with Crippen molar-refractivity contribution in [1.29, 1.82) is 0 Å². The molecule has 1 N–H and O–H groups in total. The lowest BCUT2D eigenvalue weighted by Gasteiger charge is -2.16. The lowest BCUT2D eigenvalue weighted by atomic mass is 10.1. The maximum atomic E-state index is 11.6. The van der Waals surface area contributed by atoms with Gasteiger partial charge in [0.1, 0.15) is 5.75 Å². The first-order chi connectivity index (χ1) is 10.2. The fraction of sp³-hybridized carbons (Fsp3) is 0.312. The van der Waals surface area contributed by atoms with Crippen LogP contribution in [0.4, 0.5) is 4.79 Å². The lowest BCUT2D eigenvalue weighted by Crippen LogP contribution is -2.22. The van der Waals surface area contributed by atoms with E-state index >= 15 is 0 Å². The maximum absolute atomic E-state index is 11.6. The first kappa shape index (κ1) is 15.0. The van der Waals surface area contributed by atoms with Crippen molar-refractivity contribution < 1.29 is 19.0 Å². The molecule has 2 aromatic carbocycles. The van der Waals surface area contributed by atoms with E-state index in [0.29, 0.717) is 30.5 Å². The molecule has 112 valence electrons. The largest absolute Gasteiger partial charge is 0.493 e. The van der Waals surface area contributed by atoms with Crippen LogP contribution in [0.25, 0.3) is 10.8 Å². The summed E-state index contributed by atoms with van der Waals surface area (Å²) in [5, 5.41) is 4.09. The smallest absolute Gasteiger partial charge is 0.412 e. The van der Waals surface area contributed by atoms with Gasteiger partial charge in [-0.25, -0.2) is 4.79 Å². The summed E-state index contributed by atoms with van der Waals surface area (Å²) < 4.78 is 16.6. The Morgan fingerprint density at radius 1 is 1.05 bits per heavy atom. The maximum Gasteiger partial charge on any atom is 0.412 e. The van der Waals surface area contributed by atoms with E-state index < -0.39 is 6.09 Å². The van der Waals surface area contributed by atoms with Gasteiger partial charge in [0.25, 0.3) is 0 Å². The topological polar surface area (TPSA) is 56.8 Å². The van der Waals surface area contributed by atoms with E-state index in [-0.39, 0.29) is 0 Å². The predicted octanol–water partition coefficient (Wildman–Crippen LogP) is 3.36. The van der Waals surface area contributed by atoms with E-state index in [1.807, 2.05) is 38.1 Å². The van der Waals surface area contributed by atoms with E-state index in [1.54, 1.807) is 6.07 Å². The average Bonchev–Trinajstić information content (AvgIpc) is 2.51. The van der Waals surface area contributed by atoms with E-state index in [2.05, 4.69) is 5.32 Å². The number of benzene rings is 2. The van der Waals surface area contributed by atoms with Gasteiger partial charge in [-0.2, -0.15) is 0 Å². The van der Waals surface area contributed by atoms with Gasteiger partial charge in [0.05, 0.1) is 13.2 Å². The first-order valence-corrected chi connectivity index (χ1v) is 6.92. The number of carbonyl (C=O) groups excluding carboxylic acids is 1. The molecule has 0 saturated carbocycles. The second-order valence-corrected chi connectivity index (χ2v) is 4.25. The summed E-state index contributed by atoms with van der Waals surface area (Å²) in [5.74, 6) is 1.60. The Balaban J connectivity index is 2.64. The molecule has 0 saturated heterocycles. The van der Waals surface area contributed by atoms with E-state index in [4.69, 9.17) is 14.2 Å². The summed E-state index contributed by atoms with van der Waals surface area (Å²) in [6.07, 6.45) is -0.537. The quantitative estimate of drug-likeness (QED) is 0.917. The van der Waals surface area contributed by atoms with Crippen LogP contribution in [-0.4, -0.2) is 26.4 Å². The van der Waals surface area contributed by atoms with Crippen LogP contribution in [-0.2, 0) is 0 Å². The van der Waals surface area contributed by atoms with Gasteiger partial charge in [0.2, 0.25) is 0 Å². The Kier molecular flexibility index (Phi) is 4.87. The number of rotatable bonds is 5. The molecule has 21 heavy (non-hydrogen) atoms. The fourth-order valence-corrected chi connectivity index (χ4v) is 2.08. The zero-order valence-corrected chi connectivity index (χ0v) is 12.4. The Hall–Kier alpha value is -2.43. The third kappa shape index (κ3) is 3.18. The first-order valence-electron chi connectivity index (χ1n) is 6.92. The molecule has 2 aromatic rings. The van der Waals surface area contributed by atoms with Crippen LogP contribution in [0, 0.1) is 0 Å². The minimum Gasteiger partial charge on any atom is -0.493 e. The normalized spacial score (nSPS) is 10.2. The van der Waals surface area contributed by atoms with Crippen LogP contribution in [0.1, 0.15) is 13.8 Å². The van der Waals surface area contributed by atoms with Crippen molar-refractivity contribution in [2.75, 3.05) is 20.3 Å². The lowest BCUT2D eigenvalue weighted by molar-refractivity contribution is 0.200. The number of nitrogens with one attached hydrogen (secondary N) is 1. The van der Waals surface area contributed by atoms with Gasteiger partial charge >= 0.3 is 6.09 Å². The van der Waals surface area contributed by atoms with Crippen LogP contribution in [0.15, 0.2) is 30.3 Å². The minimum absolute atomic E-state index is 0.398. The molecule has 0 aliphatic rings. The highest BCUT2D eigenvalue weighted by molar-refractivity contribution is 5.97. The third-order valence-electron chi connectivity index (χ3n) is 2.92. The summed E-state index contributed by atoms with van der Waals surface area (Å²) in [5.41, 5.74) is 0. The molecule has 5 nitrogen and oxygen atoms in total. The van der Waals surface area contributed by atoms with Crippen molar-refractivity contribution in [2.45, 2.75) is 13.8 Å². The van der Waals surface area contributed by atoms with E-state index in [1.165, 1.54) is 7.05 Å². The Morgan fingerprint density at radius 2 is 1.67 bits per heavy atom. The predicted molar refractivity (Wildman–Crippen MR) is 81.4 cm³/mol. The van der Waals surface area contributed by atoms with Crippen molar-refractivity contribution in [3.63, 3.8) is 0 Å². The zero-order chi connectivity index (χ0) is 15.2. The standard InChI is InChI=1S/C16H19NO4/c1-4-19-13-10-14(20-5-2)15(21-16(18)17-3)12-9-7-6-8-11(12)13/h6-10H,4-5H2,1-3H3,(H,17,18). The molecule has 0 bridgehead atoms. The van der Waals surface area contributed by atoms with Gasteiger partial charge in [-0.3, -0.25) is 0 Å². The molecule has 0 aliphatic heterocycles. The van der Waals surface area contributed by atoms with Crippen molar-refractivity contribution >= 4 is 16.9 Å². The summed E-state index contributed by atoms with van der Waals surface area (Å²) in [4.78, 5) is 11.6. The Labute approximate surface area is 123 Å². The van der Waals surface area contributed by atoms with Gasteiger partial charge in [0, 0.05) is 23.9 Å². The number of amides is 1. The van der Waals surface area contributed by atoms with Crippen LogP contribution >= 0.6 is 0 Å². The highest BCUT2D eigenvalue weighted by atomic mass is 16.6. The van der Waals surface area contributed by atoms with Crippen molar-refractivity contribution in [2.24, 2.45) is 0 Å². The Morgan fingerprint density at radius 3 is 2.29 bits per heavy atom. The zero-order valence-electron chi connectivity index (χ0n) is 12.4. The second kappa shape index (κ2) is 6.83. The molecule has 0 unspecified atom stereocenters. The molecular formula is C16H19NO4. The van der Waals surface area contributed by atoms with Crippen LogP contribution in [0.3, 0.4) is 0 Å². The number of fused-ring (bicyclic) bond motifs is 1. The van der Waals surface area contributed by atoms with E-state index in [0.717, 1.165) is 10.8 Å². The van der Waals surface area contributed by atoms with E-state index in [9.17, 15) is 4.79 Å². The van der Waals surface area contributed by atoms with Crippen LogP contribution in [0.5, 0.6) is 17.2 Å². The molecule has 0 fully saturated rings. The van der Waals surface area contributed by atoms with Crippen molar-refractivity contribution in [1.82, 2.24) is 5.32 Å².